The zero-order chi connectivity index (χ0) is 17.6. The molecule has 1 aromatic carbocycles. The third-order valence-corrected chi connectivity index (χ3v) is 3.15. The quantitative estimate of drug-likeness (QED) is 0.223. The van der Waals surface area contributed by atoms with Crippen LogP contribution in [0.3, 0.4) is 0 Å². The molecule has 0 atom stereocenters. The van der Waals surface area contributed by atoms with Crippen LogP contribution in [-0.2, 0) is 11.3 Å². The number of nitrogens with one attached hydrogen (secondary N) is 2. The molecule has 0 spiro atoms. The highest BCUT2D eigenvalue weighted by molar-refractivity contribution is 14.0. The van der Waals surface area contributed by atoms with Crippen molar-refractivity contribution in [1.82, 2.24) is 10.6 Å². The maximum atomic E-state index is 12.4. The van der Waals surface area contributed by atoms with Gasteiger partial charge < -0.3 is 20.1 Å². The van der Waals surface area contributed by atoms with Crippen molar-refractivity contribution in [3.8, 4) is 5.75 Å². The largest absolute Gasteiger partial charge is 0.434 e. The number of hydrogen-bond acceptors (Lipinski definition) is 3. The number of alkyl halides is 2. The third kappa shape index (κ3) is 11.1. The van der Waals surface area contributed by atoms with Gasteiger partial charge in [0.15, 0.2) is 5.96 Å². The second-order valence-corrected chi connectivity index (χ2v) is 5.01. The first-order chi connectivity index (χ1) is 11.7. The molecule has 1 rings (SSSR count). The number of hydrogen-bond donors (Lipinski definition) is 2. The fourth-order valence-electron chi connectivity index (χ4n) is 2.03. The van der Waals surface area contributed by atoms with Gasteiger partial charge in [0.1, 0.15) is 5.75 Å². The smallest absolute Gasteiger partial charge is 0.387 e. The summed E-state index contributed by atoms with van der Waals surface area (Å²) in [6.07, 6.45) is 1.95. The number of unbranched alkanes of at least 4 members (excludes halogenated alkanes) is 1. The van der Waals surface area contributed by atoms with Gasteiger partial charge in [-0.05, 0) is 32.8 Å². The van der Waals surface area contributed by atoms with Gasteiger partial charge in [0.2, 0.25) is 0 Å². The molecule has 2 N–H and O–H groups in total. The standard InChI is InChI=1S/C17H27F2N3O2.HI/c1-3-20-17(21-11-7-8-12-23-4-2)22-13-14-9-5-6-10-15(14)24-16(18)19;/h5-6,9-10,16H,3-4,7-8,11-13H2,1-2H3,(H2,20,21,22);1H. The average molecular weight is 471 g/mol. The van der Waals surface area contributed by atoms with E-state index in [2.05, 4.69) is 20.4 Å². The predicted octanol–water partition coefficient (Wildman–Crippen LogP) is 3.78. The van der Waals surface area contributed by atoms with E-state index in [4.69, 9.17) is 4.74 Å². The Morgan fingerprint density at radius 2 is 1.92 bits per heavy atom. The van der Waals surface area contributed by atoms with E-state index in [0.29, 0.717) is 11.5 Å². The van der Waals surface area contributed by atoms with Crippen LogP contribution in [0, 0.1) is 0 Å². The first-order valence-electron chi connectivity index (χ1n) is 8.30. The van der Waals surface area contributed by atoms with E-state index in [1.165, 1.54) is 6.07 Å². The van der Waals surface area contributed by atoms with Crippen molar-refractivity contribution < 1.29 is 18.3 Å². The molecule has 8 heteroatoms. The van der Waals surface area contributed by atoms with Gasteiger partial charge in [-0.25, -0.2) is 4.99 Å². The Balaban J connectivity index is 0.00000576. The molecular formula is C17H28F2IN3O2. The van der Waals surface area contributed by atoms with Crippen molar-refractivity contribution in [3.05, 3.63) is 29.8 Å². The van der Waals surface area contributed by atoms with Crippen LogP contribution in [0.25, 0.3) is 0 Å². The molecule has 0 amide bonds. The van der Waals surface area contributed by atoms with Gasteiger partial charge in [-0.1, -0.05) is 18.2 Å². The molecule has 5 nitrogen and oxygen atoms in total. The first-order valence-corrected chi connectivity index (χ1v) is 8.30. The van der Waals surface area contributed by atoms with E-state index in [1.807, 2.05) is 13.8 Å². The summed E-state index contributed by atoms with van der Waals surface area (Å²) >= 11 is 0. The first kappa shape index (κ1) is 23.8. The molecule has 0 aliphatic carbocycles. The fourth-order valence-corrected chi connectivity index (χ4v) is 2.03. The summed E-state index contributed by atoms with van der Waals surface area (Å²) < 4.78 is 34.6. The van der Waals surface area contributed by atoms with Gasteiger partial charge in [-0.3, -0.25) is 0 Å². The van der Waals surface area contributed by atoms with Crippen molar-refractivity contribution in [2.45, 2.75) is 39.8 Å². The highest BCUT2D eigenvalue weighted by atomic mass is 127. The lowest BCUT2D eigenvalue weighted by Gasteiger charge is -2.12. The van der Waals surface area contributed by atoms with E-state index >= 15 is 0 Å². The second-order valence-electron chi connectivity index (χ2n) is 5.01. The summed E-state index contributed by atoms with van der Waals surface area (Å²) in [7, 11) is 0. The maximum absolute atomic E-state index is 12.4. The van der Waals surface area contributed by atoms with E-state index in [9.17, 15) is 8.78 Å². The van der Waals surface area contributed by atoms with Crippen molar-refractivity contribution in [3.63, 3.8) is 0 Å². The molecule has 0 aromatic heterocycles. The Morgan fingerprint density at radius 3 is 2.60 bits per heavy atom. The van der Waals surface area contributed by atoms with Crippen LogP contribution in [0.15, 0.2) is 29.3 Å². The molecule has 144 valence electrons. The summed E-state index contributed by atoms with van der Waals surface area (Å²) in [5.41, 5.74) is 0.617. The van der Waals surface area contributed by atoms with Crippen LogP contribution in [0.4, 0.5) is 8.78 Å². The van der Waals surface area contributed by atoms with Crippen LogP contribution in [0.1, 0.15) is 32.3 Å². The van der Waals surface area contributed by atoms with E-state index in [1.54, 1.807) is 18.2 Å². The molecule has 1 aromatic rings. The summed E-state index contributed by atoms with van der Waals surface area (Å²) in [4.78, 5) is 4.42. The molecule has 0 radical (unpaired) electrons. The van der Waals surface area contributed by atoms with E-state index in [0.717, 1.165) is 39.1 Å². The molecule has 0 saturated heterocycles. The number of halogens is 3. The number of nitrogens with zero attached hydrogens (tertiary/aromatic N) is 1. The normalized spacial score (nSPS) is 11.2. The van der Waals surface area contributed by atoms with Gasteiger partial charge >= 0.3 is 6.61 Å². The van der Waals surface area contributed by atoms with Gasteiger partial charge in [-0.2, -0.15) is 8.78 Å². The van der Waals surface area contributed by atoms with Crippen LogP contribution in [0.2, 0.25) is 0 Å². The molecule has 0 aliphatic heterocycles. The predicted molar refractivity (Wildman–Crippen MR) is 107 cm³/mol. The minimum absolute atomic E-state index is 0. The van der Waals surface area contributed by atoms with Gasteiger partial charge in [0.25, 0.3) is 0 Å². The SMILES string of the molecule is CCNC(=NCc1ccccc1OC(F)F)NCCCCOCC.I. The molecule has 0 bridgehead atoms. The minimum Gasteiger partial charge on any atom is -0.434 e. The van der Waals surface area contributed by atoms with Gasteiger partial charge in [0.05, 0.1) is 6.54 Å². The fraction of sp³-hybridized carbons (Fsp3) is 0.588. The molecule has 0 aliphatic rings. The van der Waals surface area contributed by atoms with Crippen LogP contribution < -0.4 is 15.4 Å². The summed E-state index contributed by atoms with van der Waals surface area (Å²) in [5.74, 6) is 0.810. The maximum Gasteiger partial charge on any atom is 0.387 e. The number of ether oxygens (including phenoxy) is 2. The Morgan fingerprint density at radius 1 is 1.16 bits per heavy atom. The van der Waals surface area contributed by atoms with Crippen molar-refractivity contribution in [2.24, 2.45) is 4.99 Å². The van der Waals surface area contributed by atoms with Crippen molar-refractivity contribution in [2.75, 3.05) is 26.3 Å². The van der Waals surface area contributed by atoms with E-state index in [-0.39, 0.29) is 36.3 Å². The lowest BCUT2D eigenvalue weighted by molar-refractivity contribution is -0.0504. The second kappa shape index (κ2) is 15.1. The highest BCUT2D eigenvalue weighted by Gasteiger charge is 2.08. The Bertz CT molecular complexity index is 491. The molecule has 0 unspecified atom stereocenters. The Labute approximate surface area is 165 Å². The third-order valence-electron chi connectivity index (χ3n) is 3.15. The average Bonchev–Trinajstić information content (AvgIpc) is 2.56. The van der Waals surface area contributed by atoms with Gasteiger partial charge in [-0.15, -0.1) is 24.0 Å². The minimum atomic E-state index is -2.84. The molecule has 25 heavy (non-hydrogen) atoms. The lowest BCUT2D eigenvalue weighted by atomic mass is 10.2. The Hall–Kier alpha value is -1.16. The summed E-state index contributed by atoms with van der Waals surface area (Å²) in [6, 6.07) is 6.68. The molecule has 0 heterocycles. The molecule has 0 fully saturated rings. The van der Waals surface area contributed by atoms with Gasteiger partial charge in [0, 0.05) is 31.9 Å². The zero-order valence-electron chi connectivity index (χ0n) is 14.8. The number of para-hydroxylation sites is 1. The van der Waals surface area contributed by atoms with E-state index < -0.39 is 6.61 Å². The number of guanidine groups is 1. The summed E-state index contributed by atoms with van der Waals surface area (Å²) in [6.45, 7) is 4.35. The zero-order valence-corrected chi connectivity index (χ0v) is 17.1. The number of rotatable bonds is 11. The van der Waals surface area contributed by atoms with Crippen LogP contribution in [0.5, 0.6) is 5.75 Å². The van der Waals surface area contributed by atoms with Crippen molar-refractivity contribution >= 4 is 29.9 Å². The number of aliphatic imine (C=N–C) groups is 1. The molecule has 0 saturated carbocycles. The summed E-state index contributed by atoms with van der Waals surface area (Å²) in [5, 5.41) is 6.36. The lowest BCUT2D eigenvalue weighted by Crippen LogP contribution is -2.37. The van der Waals surface area contributed by atoms with Crippen LogP contribution >= 0.6 is 24.0 Å². The van der Waals surface area contributed by atoms with Crippen LogP contribution in [-0.4, -0.2) is 38.9 Å². The topological polar surface area (TPSA) is 54.9 Å². The monoisotopic (exact) mass is 471 g/mol. The van der Waals surface area contributed by atoms with Crippen molar-refractivity contribution in [1.29, 1.82) is 0 Å². The highest BCUT2D eigenvalue weighted by Crippen LogP contribution is 2.20. The number of benzene rings is 1. The molecular weight excluding hydrogens is 443 g/mol. The Kier molecular flexibility index (Phi) is 14.4.